The van der Waals surface area contributed by atoms with Crippen molar-refractivity contribution >= 4 is 5.96 Å². The molecule has 15 heavy (non-hydrogen) atoms. The second-order valence-electron chi connectivity index (χ2n) is 4.39. The molecule has 0 amide bonds. The van der Waals surface area contributed by atoms with Gasteiger partial charge in [0.15, 0.2) is 5.96 Å². The van der Waals surface area contributed by atoms with Crippen molar-refractivity contribution in [3.63, 3.8) is 0 Å². The second-order valence-corrected chi connectivity index (χ2v) is 4.39. The zero-order valence-corrected chi connectivity index (χ0v) is 9.27. The first-order chi connectivity index (χ1) is 7.12. The largest absolute Gasteiger partial charge is 0.370 e. The molecule has 1 aliphatic rings. The minimum Gasteiger partial charge on any atom is -0.370 e. The lowest BCUT2D eigenvalue weighted by molar-refractivity contribution is 0.260. The van der Waals surface area contributed by atoms with Gasteiger partial charge in [0.1, 0.15) is 0 Å². The normalized spacial score (nSPS) is 25.5. The number of likely N-dealkylation sites (N-methyl/N-ethyl adjacent to an activating group) is 1. The maximum Gasteiger partial charge on any atom is 0.191 e. The molecule has 0 fully saturated rings. The molecule has 1 atom stereocenters. The van der Waals surface area contributed by atoms with Gasteiger partial charge >= 0.3 is 0 Å². The van der Waals surface area contributed by atoms with Gasteiger partial charge in [-0.3, -0.25) is 4.99 Å². The summed E-state index contributed by atoms with van der Waals surface area (Å²) in [5, 5.41) is 0. The van der Waals surface area contributed by atoms with E-state index in [1.165, 1.54) is 5.56 Å². The lowest BCUT2D eigenvalue weighted by Gasteiger charge is -2.33. The van der Waals surface area contributed by atoms with Crippen molar-refractivity contribution in [1.82, 2.24) is 4.90 Å². The van der Waals surface area contributed by atoms with E-state index in [0.29, 0.717) is 5.96 Å². The summed E-state index contributed by atoms with van der Waals surface area (Å²) >= 11 is 0. The maximum atomic E-state index is 5.78. The molecule has 2 N–H and O–H groups in total. The molecular formula is C12H17N3. The molecular weight excluding hydrogens is 186 g/mol. The molecule has 1 aromatic carbocycles. The van der Waals surface area contributed by atoms with Crippen molar-refractivity contribution < 1.29 is 0 Å². The first-order valence-corrected chi connectivity index (χ1v) is 5.19. The standard InChI is InChI=1S/C12H17N3/c1-12(9-14-11(13)15(12)2)8-10-6-4-3-5-7-10/h3-7H,8-9H2,1-2H3,(H2,13,14). The first-order valence-electron chi connectivity index (χ1n) is 5.19. The fourth-order valence-corrected chi connectivity index (χ4v) is 1.95. The fourth-order valence-electron chi connectivity index (χ4n) is 1.95. The van der Waals surface area contributed by atoms with Crippen LogP contribution in [0.4, 0.5) is 0 Å². The summed E-state index contributed by atoms with van der Waals surface area (Å²) in [4.78, 5) is 6.36. The monoisotopic (exact) mass is 203 g/mol. The van der Waals surface area contributed by atoms with Crippen LogP contribution in [0.5, 0.6) is 0 Å². The number of nitrogens with two attached hydrogens (primary N) is 1. The Morgan fingerprint density at radius 1 is 1.40 bits per heavy atom. The van der Waals surface area contributed by atoms with E-state index in [0.717, 1.165) is 13.0 Å². The van der Waals surface area contributed by atoms with Crippen LogP contribution in [-0.2, 0) is 6.42 Å². The lowest BCUT2D eigenvalue weighted by Crippen LogP contribution is -2.48. The number of nitrogens with zero attached hydrogens (tertiary/aromatic N) is 2. The van der Waals surface area contributed by atoms with E-state index in [-0.39, 0.29) is 5.54 Å². The van der Waals surface area contributed by atoms with E-state index in [1.807, 2.05) is 13.1 Å². The fraction of sp³-hybridized carbons (Fsp3) is 0.417. The van der Waals surface area contributed by atoms with Crippen LogP contribution in [0.15, 0.2) is 35.3 Å². The minimum atomic E-state index is 0.0332. The van der Waals surface area contributed by atoms with Gasteiger partial charge in [0.05, 0.1) is 12.1 Å². The van der Waals surface area contributed by atoms with E-state index >= 15 is 0 Å². The molecule has 0 aliphatic carbocycles. The van der Waals surface area contributed by atoms with E-state index in [4.69, 9.17) is 5.73 Å². The third-order valence-corrected chi connectivity index (χ3v) is 3.16. The number of hydrogen-bond donors (Lipinski definition) is 1. The third-order valence-electron chi connectivity index (χ3n) is 3.16. The Kier molecular flexibility index (Phi) is 2.39. The Bertz CT molecular complexity index is 372. The number of guanidine groups is 1. The van der Waals surface area contributed by atoms with Gasteiger partial charge in [0, 0.05) is 7.05 Å². The van der Waals surface area contributed by atoms with Crippen molar-refractivity contribution in [2.45, 2.75) is 18.9 Å². The van der Waals surface area contributed by atoms with Crippen LogP contribution >= 0.6 is 0 Å². The summed E-state index contributed by atoms with van der Waals surface area (Å²) < 4.78 is 0. The molecule has 0 saturated carbocycles. The number of hydrogen-bond acceptors (Lipinski definition) is 3. The van der Waals surface area contributed by atoms with Crippen LogP contribution in [0.3, 0.4) is 0 Å². The SMILES string of the molecule is CN1C(N)=NCC1(C)Cc1ccccc1. The van der Waals surface area contributed by atoms with Gasteiger partial charge < -0.3 is 10.6 Å². The molecule has 0 bridgehead atoms. The second kappa shape index (κ2) is 3.57. The van der Waals surface area contributed by atoms with Crippen LogP contribution in [0.1, 0.15) is 12.5 Å². The van der Waals surface area contributed by atoms with Crippen LogP contribution in [-0.4, -0.2) is 30.0 Å². The van der Waals surface area contributed by atoms with Crippen LogP contribution in [0.2, 0.25) is 0 Å². The van der Waals surface area contributed by atoms with Crippen molar-refractivity contribution in [3.05, 3.63) is 35.9 Å². The average molecular weight is 203 g/mol. The van der Waals surface area contributed by atoms with Crippen molar-refractivity contribution in [2.75, 3.05) is 13.6 Å². The quantitative estimate of drug-likeness (QED) is 0.786. The molecule has 0 saturated heterocycles. The number of rotatable bonds is 2. The molecule has 2 rings (SSSR count). The minimum absolute atomic E-state index is 0.0332. The van der Waals surface area contributed by atoms with Gasteiger partial charge in [0.2, 0.25) is 0 Å². The Hall–Kier alpha value is -1.51. The zero-order valence-electron chi connectivity index (χ0n) is 9.27. The van der Waals surface area contributed by atoms with Crippen molar-refractivity contribution in [3.8, 4) is 0 Å². The summed E-state index contributed by atoms with van der Waals surface area (Å²) in [5.41, 5.74) is 7.15. The maximum absolute atomic E-state index is 5.78. The first kappa shape index (κ1) is 10.0. The summed E-state index contributed by atoms with van der Waals surface area (Å²) in [5.74, 6) is 0.647. The Morgan fingerprint density at radius 3 is 2.60 bits per heavy atom. The highest BCUT2D eigenvalue weighted by Gasteiger charge is 2.35. The molecule has 1 aliphatic heterocycles. The molecule has 0 spiro atoms. The Balaban J connectivity index is 2.14. The smallest absolute Gasteiger partial charge is 0.191 e. The highest BCUT2D eigenvalue weighted by atomic mass is 15.3. The van der Waals surface area contributed by atoms with Gasteiger partial charge in [-0.25, -0.2) is 0 Å². The Labute approximate surface area is 90.6 Å². The zero-order chi connectivity index (χ0) is 10.9. The van der Waals surface area contributed by atoms with Gasteiger partial charge in [-0.2, -0.15) is 0 Å². The van der Waals surface area contributed by atoms with Crippen LogP contribution in [0.25, 0.3) is 0 Å². The lowest BCUT2D eigenvalue weighted by atomic mass is 9.92. The highest BCUT2D eigenvalue weighted by molar-refractivity contribution is 5.80. The predicted molar refractivity (Wildman–Crippen MR) is 62.8 cm³/mol. The summed E-state index contributed by atoms with van der Waals surface area (Å²) in [6.45, 7) is 2.98. The summed E-state index contributed by atoms with van der Waals surface area (Å²) in [6, 6.07) is 10.5. The number of aliphatic imine (C=N–C) groups is 1. The highest BCUT2D eigenvalue weighted by Crippen LogP contribution is 2.23. The summed E-state index contributed by atoms with van der Waals surface area (Å²) in [7, 11) is 2.01. The molecule has 1 aromatic rings. The molecule has 3 nitrogen and oxygen atoms in total. The van der Waals surface area contributed by atoms with Crippen LogP contribution < -0.4 is 5.73 Å². The molecule has 1 heterocycles. The molecule has 80 valence electrons. The van der Waals surface area contributed by atoms with Gasteiger partial charge in [-0.15, -0.1) is 0 Å². The van der Waals surface area contributed by atoms with E-state index in [9.17, 15) is 0 Å². The van der Waals surface area contributed by atoms with E-state index in [2.05, 4.69) is 41.1 Å². The predicted octanol–water partition coefficient (Wildman–Crippen LogP) is 1.25. The van der Waals surface area contributed by atoms with E-state index < -0.39 is 0 Å². The molecule has 1 unspecified atom stereocenters. The topological polar surface area (TPSA) is 41.6 Å². The van der Waals surface area contributed by atoms with Crippen LogP contribution in [0, 0.1) is 0 Å². The van der Waals surface area contributed by atoms with Crippen molar-refractivity contribution in [2.24, 2.45) is 10.7 Å². The van der Waals surface area contributed by atoms with Gasteiger partial charge in [-0.1, -0.05) is 30.3 Å². The third kappa shape index (κ3) is 1.82. The molecule has 0 aromatic heterocycles. The van der Waals surface area contributed by atoms with E-state index in [1.54, 1.807) is 0 Å². The van der Waals surface area contributed by atoms with Gasteiger partial charge in [0.25, 0.3) is 0 Å². The summed E-state index contributed by atoms with van der Waals surface area (Å²) in [6.07, 6.45) is 0.981. The van der Waals surface area contributed by atoms with Crippen molar-refractivity contribution in [1.29, 1.82) is 0 Å². The number of benzene rings is 1. The van der Waals surface area contributed by atoms with Gasteiger partial charge in [-0.05, 0) is 18.9 Å². The molecule has 0 radical (unpaired) electrons. The molecule has 3 heteroatoms. The average Bonchev–Trinajstić information content (AvgIpc) is 2.48. The Morgan fingerprint density at radius 2 is 2.07 bits per heavy atom.